The van der Waals surface area contributed by atoms with Gasteiger partial charge in [0.15, 0.2) is 5.76 Å². The number of pyridine rings is 1. The summed E-state index contributed by atoms with van der Waals surface area (Å²) in [4.78, 5) is 3.99. The van der Waals surface area contributed by atoms with E-state index in [1.54, 1.807) is 12.1 Å². The minimum atomic E-state index is 0.341. The number of methoxy groups -OCH3 is 1. The second kappa shape index (κ2) is 3.78. The van der Waals surface area contributed by atoms with Crippen LogP contribution in [0.25, 0.3) is 11.3 Å². The maximum absolute atomic E-state index is 5.73. The van der Waals surface area contributed by atoms with Crippen LogP contribution in [0.1, 0.15) is 0 Å². The first-order chi connectivity index (χ1) is 7.22. The van der Waals surface area contributed by atoms with Crippen molar-refractivity contribution in [2.45, 2.75) is 0 Å². The van der Waals surface area contributed by atoms with E-state index in [2.05, 4.69) is 10.1 Å². The molecule has 5 nitrogen and oxygen atoms in total. The summed E-state index contributed by atoms with van der Waals surface area (Å²) < 4.78 is 10.1. The molecule has 15 heavy (non-hydrogen) atoms. The van der Waals surface area contributed by atoms with E-state index in [4.69, 9.17) is 26.6 Å². The van der Waals surface area contributed by atoms with Crippen molar-refractivity contribution in [1.29, 1.82) is 0 Å². The van der Waals surface area contributed by atoms with Gasteiger partial charge in [0.2, 0.25) is 5.88 Å². The molecular weight excluding hydrogens is 218 g/mol. The maximum Gasteiger partial charge on any atom is 0.225 e. The van der Waals surface area contributed by atoms with E-state index >= 15 is 0 Å². The van der Waals surface area contributed by atoms with Gasteiger partial charge < -0.3 is 15.0 Å². The Labute approximate surface area is 90.8 Å². The Hall–Kier alpha value is -1.75. The van der Waals surface area contributed by atoms with Crippen molar-refractivity contribution in [3.63, 3.8) is 0 Å². The summed E-state index contributed by atoms with van der Waals surface area (Å²) >= 11 is 5.73. The van der Waals surface area contributed by atoms with Crippen molar-refractivity contribution in [2.24, 2.45) is 0 Å². The lowest BCUT2D eigenvalue weighted by Crippen LogP contribution is -1.93. The number of ether oxygens (including phenoxy) is 1. The summed E-state index contributed by atoms with van der Waals surface area (Å²) in [7, 11) is 1.49. The maximum atomic E-state index is 5.73. The van der Waals surface area contributed by atoms with Crippen LogP contribution in [0.15, 0.2) is 22.9 Å². The fourth-order valence-corrected chi connectivity index (χ4v) is 1.34. The minimum Gasteiger partial charge on any atom is -0.480 e. The molecule has 6 heteroatoms. The molecule has 0 aromatic carbocycles. The molecular formula is C9H8ClN3O2. The lowest BCUT2D eigenvalue weighted by Gasteiger charge is -2.04. The lowest BCUT2D eigenvalue weighted by atomic mass is 10.2. The predicted octanol–water partition coefficient (Wildman–Crippen LogP) is 1.98. The van der Waals surface area contributed by atoms with Crippen LogP contribution in [0.3, 0.4) is 0 Å². The average Bonchev–Trinajstić information content (AvgIpc) is 2.64. The van der Waals surface area contributed by atoms with Crippen LogP contribution in [0.4, 0.5) is 5.69 Å². The highest BCUT2D eigenvalue weighted by atomic mass is 35.5. The zero-order valence-electron chi connectivity index (χ0n) is 7.90. The van der Waals surface area contributed by atoms with Crippen LogP contribution < -0.4 is 10.5 Å². The Morgan fingerprint density at radius 1 is 1.47 bits per heavy atom. The first-order valence-electron chi connectivity index (χ1n) is 4.13. The molecule has 0 radical (unpaired) electrons. The Bertz CT molecular complexity index is 484. The third-order valence-corrected chi connectivity index (χ3v) is 2.07. The van der Waals surface area contributed by atoms with Crippen molar-refractivity contribution in [2.75, 3.05) is 12.8 Å². The van der Waals surface area contributed by atoms with Crippen LogP contribution in [0, 0.1) is 0 Å². The fourth-order valence-electron chi connectivity index (χ4n) is 1.20. The first-order valence-corrected chi connectivity index (χ1v) is 4.51. The van der Waals surface area contributed by atoms with E-state index in [9.17, 15) is 0 Å². The Kier molecular flexibility index (Phi) is 2.47. The van der Waals surface area contributed by atoms with Gasteiger partial charge in [-0.25, -0.2) is 4.98 Å². The Morgan fingerprint density at radius 2 is 2.27 bits per heavy atom. The van der Waals surface area contributed by atoms with E-state index in [-0.39, 0.29) is 0 Å². The normalized spacial score (nSPS) is 10.3. The van der Waals surface area contributed by atoms with E-state index in [1.165, 1.54) is 13.3 Å². The van der Waals surface area contributed by atoms with Gasteiger partial charge in [0.1, 0.15) is 10.8 Å². The van der Waals surface area contributed by atoms with E-state index < -0.39 is 0 Å². The first kappa shape index (κ1) is 9.79. The van der Waals surface area contributed by atoms with Crippen molar-refractivity contribution in [1.82, 2.24) is 10.1 Å². The van der Waals surface area contributed by atoms with Gasteiger partial charge in [-0.2, -0.15) is 0 Å². The largest absolute Gasteiger partial charge is 0.480 e. The van der Waals surface area contributed by atoms with Gasteiger partial charge in [0.25, 0.3) is 0 Å². The number of aromatic nitrogens is 2. The third kappa shape index (κ3) is 1.73. The molecule has 0 unspecified atom stereocenters. The fraction of sp³-hybridized carbons (Fsp3) is 0.111. The number of rotatable bonds is 2. The van der Waals surface area contributed by atoms with E-state index in [0.717, 1.165) is 0 Å². The summed E-state index contributed by atoms with van der Waals surface area (Å²) in [5.74, 6) is 0.780. The predicted molar refractivity (Wildman–Crippen MR) is 55.7 cm³/mol. The summed E-state index contributed by atoms with van der Waals surface area (Å²) in [6.45, 7) is 0. The minimum absolute atomic E-state index is 0.341. The van der Waals surface area contributed by atoms with E-state index in [1.807, 2.05) is 0 Å². The number of nitrogens with zero attached hydrogens (tertiary/aromatic N) is 2. The average molecular weight is 226 g/mol. The van der Waals surface area contributed by atoms with Crippen molar-refractivity contribution >= 4 is 17.3 Å². The van der Waals surface area contributed by atoms with Crippen molar-refractivity contribution in [3.05, 3.63) is 23.5 Å². The Morgan fingerprint density at radius 3 is 2.87 bits per heavy atom. The van der Waals surface area contributed by atoms with Crippen LogP contribution in [0.5, 0.6) is 5.88 Å². The van der Waals surface area contributed by atoms with Gasteiger partial charge in [0.05, 0.1) is 18.9 Å². The van der Waals surface area contributed by atoms with Gasteiger partial charge in [-0.05, 0) is 12.1 Å². The second-order valence-electron chi connectivity index (χ2n) is 2.80. The molecule has 0 saturated heterocycles. The number of hydrogen-bond donors (Lipinski definition) is 1. The molecule has 0 aliphatic heterocycles. The molecule has 2 rings (SSSR count). The quantitative estimate of drug-likeness (QED) is 0.791. The molecule has 2 N–H and O–H groups in total. The van der Waals surface area contributed by atoms with Crippen LogP contribution in [0.2, 0.25) is 5.15 Å². The standard InChI is InChI=1S/C9H8ClN3O2/c1-14-9-5(2-3-7(10)13-9)8-6(11)4-12-15-8/h2-4H,11H2,1H3. The smallest absolute Gasteiger partial charge is 0.225 e. The van der Waals surface area contributed by atoms with Gasteiger partial charge in [-0.1, -0.05) is 16.8 Å². The summed E-state index contributed by atoms with van der Waals surface area (Å²) in [5, 5.41) is 3.92. The molecule has 2 heterocycles. The summed E-state index contributed by atoms with van der Waals surface area (Å²) in [5.41, 5.74) is 6.71. The van der Waals surface area contributed by atoms with Gasteiger partial charge >= 0.3 is 0 Å². The van der Waals surface area contributed by atoms with Gasteiger partial charge in [-0.15, -0.1) is 0 Å². The number of anilines is 1. The zero-order valence-corrected chi connectivity index (χ0v) is 8.65. The molecule has 2 aromatic heterocycles. The molecule has 0 aliphatic rings. The molecule has 78 valence electrons. The molecule has 2 aromatic rings. The van der Waals surface area contributed by atoms with E-state index in [0.29, 0.717) is 28.0 Å². The number of hydrogen-bond acceptors (Lipinski definition) is 5. The SMILES string of the molecule is COc1nc(Cl)ccc1-c1oncc1N. The van der Waals surface area contributed by atoms with Crippen molar-refractivity contribution < 1.29 is 9.26 Å². The number of nitrogen functional groups attached to an aromatic ring is 1. The molecule has 0 saturated carbocycles. The lowest BCUT2D eigenvalue weighted by molar-refractivity contribution is 0.392. The van der Waals surface area contributed by atoms with Crippen LogP contribution in [-0.2, 0) is 0 Å². The molecule has 0 atom stereocenters. The zero-order chi connectivity index (χ0) is 10.8. The highest BCUT2D eigenvalue weighted by Gasteiger charge is 2.14. The Balaban J connectivity index is 2.58. The molecule has 0 bridgehead atoms. The number of nitrogens with two attached hydrogens (primary N) is 1. The monoisotopic (exact) mass is 225 g/mol. The third-order valence-electron chi connectivity index (χ3n) is 1.86. The molecule has 0 spiro atoms. The highest BCUT2D eigenvalue weighted by Crippen LogP contribution is 2.32. The highest BCUT2D eigenvalue weighted by molar-refractivity contribution is 6.29. The summed E-state index contributed by atoms with van der Waals surface area (Å²) in [6, 6.07) is 3.34. The number of halogens is 1. The van der Waals surface area contributed by atoms with Gasteiger partial charge in [-0.3, -0.25) is 0 Å². The summed E-state index contributed by atoms with van der Waals surface area (Å²) in [6.07, 6.45) is 1.42. The van der Waals surface area contributed by atoms with Crippen LogP contribution >= 0.6 is 11.6 Å². The second-order valence-corrected chi connectivity index (χ2v) is 3.19. The van der Waals surface area contributed by atoms with Crippen molar-refractivity contribution in [3.8, 4) is 17.2 Å². The molecule has 0 aliphatic carbocycles. The van der Waals surface area contributed by atoms with Gasteiger partial charge in [0, 0.05) is 0 Å². The molecule has 0 amide bonds. The molecule has 0 fully saturated rings. The van der Waals surface area contributed by atoms with Crippen LogP contribution in [-0.4, -0.2) is 17.3 Å². The topological polar surface area (TPSA) is 74.2 Å².